The van der Waals surface area contributed by atoms with Crippen LogP contribution in [0.3, 0.4) is 0 Å². The molecule has 0 aromatic rings. The summed E-state index contributed by atoms with van der Waals surface area (Å²) in [5.41, 5.74) is 20.6. The highest BCUT2D eigenvalue weighted by Crippen LogP contribution is 2.25. The van der Waals surface area contributed by atoms with E-state index in [1.807, 2.05) is 0 Å². The van der Waals surface area contributed by atoms with E-state index < -0.39 is 46.9 Å². The number of hydrogen-bond donors (Lipinski definition) is 10. The van der Waals surface area contributed by atoms with Gasteiger partial charge in [-0.1, -0.05) is 0 Å². The Morgan fingerprint density at radius 3 is 1.17 bits per heavy atom. The lowest BCUT2D eigenvalue weighted by Gasteiger charge is -2.40. The zero-order valence-corrected chi connectivity index (χ0v) is 12.4. The highest BCUT2D eigenvalue weighted by Gasteiger charge is 2.49. The van der Waals surface area contributed by atoms with Crippen LogP contribution in [0.25, 0.3) is 0 Å². The molecule has 0 aromatic carbocycles. The van der Waals surface area contributed by atoms with Crippen LogP contribution in [0.1, 0.15) is 0 Å². The van der Waals surface area contributed by atoms with Gasteiger partial charge in [-0.2, -0.15) is 8.42 Å². The topological polar surface area (TPSA) is 284 Å². The maximum absolute atomic E-state index is 9.92. The van der Waals surface area contributed by atoms with Gasteiger partial charge >= 0.3 is 10.4 Å². The molecule has 0 bridgehead atoms. The first-order valence-electron chi connectivity index (χ1n) is 5.85. The average Bonchev–Trinajstić information content (AvgIpc) is 2.35. The van der Waals surface area contributed by atoms with Crippen molar-refractivity contribution in [3.8, 4) is 0 Å². The van der Waals surface area contributed by atoms with E-state index in [0.717, 1.165) is 0 Å². The van der Waals surface area contributed by atoms with E-state index in [1.54, 1.807) is 0 Å². The molecule has 0 amide bonds. The van der Waals surface area contributed by atoms with Crippen LogP contribution in [0.15, 0.2) is 9.98 Å². The number of nitrogens with zero attached hydrogens (tertiary/aromatic N) is 2. The molecule has 2 unspecified atom stereocenters. The van der Waals surface area contributed by atoms with E-state index in [0.29, 0.717) is 0 Å². The van der Waals surface area contributed by atoms with Gasteiger partial charge in [-0.25, -0.2) is 9.98 Å². The van der Waals surface area contributed by atoms with Crippen molar-refractivity contribution in [2.75, 3.05) is 0 Å². The van der Waals surface area contributed by atoms with Crippen LogP contribution in [0.2, 0.25) is 0 Å². The molecule has 1 fully saturated rings. The smallest absolute Gasteiger partial charge is 0.388 e. The molecule has 1 aliphatic rings. The summed E-state index contributed by atoms with van der Waals surface area (Å²) in [6.45, 7) is 0. The van der Waals surface area contributed by atoms with Crippen molar-refractivity contribution in [2.24, 2.45) is 32.9 Å². The van der Waals surface area contributed by atoms with Crippen molar-refractivity contribution >= 4 is 22.3 Å². The molecule has 0 radical (unpaired) electrons. The van der Waals surface area contributed by atoms with Gasteiger partial charge in [0, 0.05) is 0 Å². The molecular weight excluding hydrogens is 340 g/mol. The number of rotatable bonds is 2. The molecule has 6 atom stereocenters. The van der Waals surface area contributed by atoms with Crippen molar-refractivity contribution < 1.29 is 37.9 Å². The summed E-state index contributed by atoms with van der Waals surface area (Å²) in [5.74, 6) is -0.768. The molecule has 0 spiro atoms. The van der Waals surface area contributed by atoms with Crippen molar-refractivity contribution in [3.63, 3.8) is 0 Å². The summed E-state index contributed by atoms with van der Waals surface area (Å²) < 4.78 is 31.6. The lowest BCUT2D eigenvalue weighted by atomic mass is 9.82. The van der Waals surface area contributed by atoms with E-state index >= 15 is 0 Å². The van der Waals surface area contributed by atoms with Gasteiger partial charge in [0.15, 0.2) is 11.9 Å². The molecule has 1 rings (SSSR count). The second-order valence-corrected chi connectivity index (χ2v) is 5.39. The van der Waals surface area contributed by atoms with E-state index in [1.165, 1.54) is 0 Å². The van der Waals surface area contributed by atoms with Crippen LogP contribution in [-0.2, 0) is 10.4 Å². The predicted molar refractivity (Wildman–Crippen MR) is 77.4 cm³/mol. The van der Waals surface area contributed by atoms with Crippen LogP contribution >= 0.6 is 0 Å². The molecular formula is C8H20N6O8S. The van der Waals surface area contributed by atoms with Crippen molar-refractivity contribution in [1.29, 1.82) is 0 Å². The number of nitrogens with two attached hydrogens (primary N) is 4. The van der Waals surface area contributed by atoms with Crippen LogP contribution in [0.4, 0.5) is 0 Å². The SMILES string of the molecule is NC(N)=N[C@@H]1C(O)[C@H](N=C(N)N)[C@@H](O)C(O)[C@H]1O.O=S(=O)(O)O. The Balaban J connectivity index is 0.000000841. The van der Waals surface area contributed by atoms with Gasteiger partial charge in [0.1, 0.15) is 36.5 Å². The first-order chi connectivity index (χ1) is 10.3. The lowest BCUT2D eigenvalue weighted by molar-refractivity contribution is -0.136. The number of hydrogen-bond acceptors (Lipinski definition) is 8. The van der Waals surface area contributed by atoms with Crippen molar-refractivity contribution in [1.82, 2.24) is 0 Å². The quantitative estimate of drug-likeness (QED) is 0.125. The second kappa shape index (κ2) is 8.20. The number of guanidine groups is 2. The van der Waals surface area contributed by atoms with E-state index in [2.05, 4.69) is 9.98 Å². The summed E-state index contributed by atoms with van der Waals surface area (Å²) in [7, 11) is -4.67. The molecule has 14 N–H and O–H groups in total. The molecule has 1 saturated carbocycles. The molecule has 136 valence electrons. The van der Waals surface area contributed by atoms with Crippen LogP contribution in [0, 0.1) is 0 Å². The molecule has 15 heteroatoms. The number of aliphatic hydroxyl groups is 4. The van der Waals surface area contributed by atoms with Crippen LogP contribution < -0.4 is 22.9 Å². The Morgan fingerprint density at radius 2 is 0.957 bits per heavy atom. The third kappa shape index (κ3) is 7.37. The zero-order valence-electron chi connectivity index (χ0n) is 11.6. The molecule has 14 nitrogen and oxygen atoms in total. The number of aliphatic imine (C=N–C) groups is 2. The Morgan fingerprint density at radius 1 is 0.696 bits per heavy atom. The Bertz CT molecular complexity index is 505. The molecule has 23 heavy (non-hydrogen) atoms. The largest absolute Gasteiger partial charge is 0.394 e. The Labute approximate surface area is 130 Å². The monoisotopic (exact) mass is 360 g/mol. The van der Waals surface area contributed by atoms with E-state index in [4.69, 9.17) is 40.5 Å². The molecule has 0 aliphatic heterocycles. The standard InChI is InChI=1S/C8H18N6O4.H2O4S/c9-7(10)13-1-3(15)2(14-8(11)12)5(17)6(18)4(1)16;1-5(2,3)4/h1-6,15-18H,(H4,9,10,13)(H4,11,12,14);(H2,1,2,3,4)/t1-,2+,3?,4+,5-,6?;. The first kappa shape index (κ1) is 21.2. The van der Waals surface area contributed by atoms with Gasteiger partial charge in [-0.3, -0.25) is 9.11 Å². The summed E-state index contributed by atoms with van der Waals surface area (Å²) >= 11 is 0. The predicted octanol–water partition coefficient (Wildman–Crippen LogP) is -5.93. The third-order valence-electron chi connectivity index (χ3n) is 2.70. The molecule has 0 heterocycles. The van der Waals surface area contributed by atoms with Gasteiger partial charge in [-0.05, 0) is 0 Å². The maximum Gasteiger partial charge on any atom is 0.394 e. The Kier molecular flexibility index (Phi) is 7.58. The zero-order chi connectivity index (χ0) is 18.5. The van der Waals surface area contributed by atoms with Gasteiger partial charge in [0.2, 0.25) is 0 Å². The van der Waals surface area contributed by atoms with Crippen LogP contribution in [0.5, 0.6) is 0 Å². The minimum absolute atomic E-state index is 0.384. The molecule has 0 saturated heterocycles. The summed E-state index contributed by atoms with van der Waals surface area (Å²) in [4.78, 5) is 7.18. The minimum Gasteiger partial charge on any atom is -0.388 e. The van der Waals surface area contributed by atoms with Crippen molar-refractivity contribution in [3.05, 3.63) is 0 Å². The average molecular weight is 360 g/mol. The fraction of sp³-hybridized carbons (Fsp3) is 0.750. The summed E-state index contributed by atoms with van der Waals surface area (Å²) in [6.07, 6.45) is -6.11. The van der Waals surface area contributed by atoms with E-state index in [-0.39, 0.29) is 11.9 Å². The maximum atomic E-state index is 9.92. The fourth-order valence-electron chi connectivity index (χ4n) is 1.86. The Hall–Kier alpha value is -1.75. The first-order valence-corrected chi connectivity index (χ1v) is 7.25. The van der Waals surface area contributed by atoms with Gasteiger partial charge in [0.25, 0.3) is 0 Å². The summed E-state index contributed by atoms with van der Waals surface area (Å²) in [5, 5.41) is 38.9. The van der Waals surface area contributed by atoms with E-state index in [9.17, 15) is 20.4 Å². The van der Waals surface area contributed by atoms with Crippen LogP contribution in [-0.4, -0.2) is 86.4 Å². The molecule has 0 aromatic heterocycles. The van der Waals surface area contributed by atoms with Gasteiger partial charge in [0.05, 0.1) is 0 Å². The molecule has 1 aliphatic carbocycles. The highest BCUT2D eigenvalue weighted by atomic mass is 32.3. The number of aliphatic hydroxyl groups excluding tert-OH is 4. The highest BCUT2D eigenvalue weighted by molar-refractivity contribution is 7.79. The second-order valence-electron chi connectivity index (χ2n) is 4.50. The summed E-state index contributed by atoms with van der Waals surface area (Å²) in [6, 6.07) is -2.47. The lowest BCUT2D eigenvalue weighted by Crippen LogP contribution is -2.63. The minimum atomic E-state index is -4.67. The van der Waals surface area contributed by atoms with Gasteiger partial charge < -0.3 is 43.4 Å². The third-order valence-corrected chi connectivity index (χ3v) is 2.70. The van der Waals surface area contributed by atoms with Crippen molar-refractivity contribution in [2.45, 2.75) is 36.5 Å². The fourth-order valence-corrected chi connectivity index (χ4v) is 1.86. The van der Waals surface area contributed by atoms with Gasteiger partial charge in [-0.15, -0.1) is 0 Å². The normalized spacial score (nSPS) is 33.8.